The lowest BCUT2D eigenvalue weighted by Crippen LogP contribution is -2.44. The Balaban J connectivity index is 1.75. The first-order valence-electron chi connectivity index (χ1n) is 8.91. The minimum atomic E-state index is -3.95. The van der Waals surface area contributed by atoms with Crippen LogP contribution in [-0.4, -0.2) is 39.6 Å². The molecule has 0 bridgehead atoms. The van der Waals surface area contributed by atoms with E-state index in [4.69, 9.17) is 9.47 Å². The van der Waals surface area contributed by atoms with Gasteiger partial charge in [-0.3, -0.25) is 14.3 Å². The van der Waals surface area contributed by atoms with Gasteiger partial charge in [0, 0.05) is 18.2 Å². The van der Waals surface area contributed by atoms with Crippen molar-refractivity contribution in [3.05, 3.63) is 48.0 Å². The van der Waals surface area contributed by atoms with E-state index in [9.17, 15) is 18.0 Å². The second-order valence-corrected chi connectivity index (χ2v) is 7.97. The number of sulfonamides is 1. The van der Waals surface area contributed by atoms with Crippen LogP contribution in [0.2, 0.25) is 0 Å². The quantitative estimate of drug-likeness (QED) is 0.625. The predicted molar refractivity (Wildman–Crippen MR) is 105 cm³/mol. The number of carbonyl (C=O) groups is 2. The Kier molecular flexibility index (Phi) is 5.92. The van der Waals surface area contributed by atoms with Gasteiger partial charge >= 0.3 is 0 Å². The summed E-state index contributed by atoms with van der Waals surface area (Å²) in [5, 5.41) is 5.14. The van der Waals surface area contributed by atoms with Gasteiger partial charge in [-0.15, -0.1) is 0 Å². The van der Waals surface area contributed by atoms with E-state index in [-0.39, 0.29) is 23.2 Å². The number of fused-ring (bicyclic) bond motifs is 1. The molecule has 0 aromatic heterocycles. The average Bonchev–Trinajstić information content (AvgIpc) is 3.15. The highest BCUT2D eigenvalue weighted by Crippen LogP contribution is 2.34. The van der Waals surface area contributed by atoms with Crippen molar-refractivity contribution in [2.75, 3.05) is 18.1 Å². The molecule has 0 saturated heterocycles. The molecule has 0 fully saturated rings. The molecule has 0 unspecified atom stereocenters. The maximum atomic E-state index is 12.7. The molecule has 1 aliphatic rings. The van der Waals surface area contributed by atoms with Crippen molar-refractivity contribution >= 4 is 27.5 Å². The zero-order chi connectivity index (χ0) is 21.0. The van der Waals surface area contributed by atoms with Crippen LogP contribution in [-0.2, 0) is 14.8 Å². The number of anilines is 1. The Morgan fingerprint density at radius 2 is 1.86 bits per heavy atom. The molecule has 1 atom stereocenters. The zero-order valence-electron chi connectivity index (χ0n) is 15.9. The molecule has 0 saturated carbocycles. The Labute approximate surface area is 168 Å². The first kappa shape index (κ1) is 20.5. The minimum Gasteiger partial charge on any atom is -0.454 e. The van der Waals surface area contributed by atoms with Crippen molar-refractivity contribution in [1.29, 1.82) is 0 Å². The zero-order valence-corrected chi connectivity index (χ0v) is 16.7. The molecule has 0 spiro atoms. The van der Waals surface area contributed by atoms with Gasteiger partial charge in [-0.25, -0.2) is 8.42 Å². The summed E-state index contributed by atoms with van der Waals surface area (Å²) in [5.74, 6) is 0.100. The van der Waals surface area contributed by atoms with Crippen molar-refractivity contribution in [3.63, 3.8) is 0 Å². The van der Waals surface area contributed by atoms with Crippen LogP contribution in [0.1, 0.15) is 24.2 Å². The van der Waals surface area contributed by atoms with Gasteiger partial charge in [0.25, 0.3) is 15.9 Å². The summed E-state index contributed by atoms with van der Waals surface area (Å²) >= 11 is 0. The smallest absolute Gasteiger partial charge is 0.261 e. The molecular weight excluding hydrogens is 398 g/mol. The van der Waals surface area contributed by atoms with E-state index in [0.717, 1.165) is 0 Å². The van der Waals surface area contributed by atoms with Crippen molar-refractivity contribution in [3.8, 4) is 11.5 Å². The van der Waals surface area contributed by atoms with Crippen LogP contribution in [0.3, 0.4) is 0 Å². The number of likely N-dealkylation sites (N-methyl/N-ethyl adjacent to an activating group) is 1. The number of ether oxygens (including phenoxy) is 2. The largest absolute Gasteiger partial charge is 0.454 e. The molecule has 0 aliphatic carbocycles. The standard InChI is InChI=1S/C19H21N3O6S/c1-3-20-18(23)12(2)21-19(24)13-5-4-6-15(9-13)29(25,26)22-14-7-8-16-17(10-14)28-11-27-16/h4-10,12,22H,3,11H2,1-2H3,(H,20,23)(H,21,24)/t12-/m0/s1. The average molecular weight is 419 g/mol. The third kappa shape index (κ3) is 4.77. The van der Waals surface area contributed by atoms with Crippen molar-refractivity contribution in [2.24, 2.45) is 0 Å². The van der Waals surface area contributed by atoms with Crippen LogP contribution in [0.25, 0.3) is 0 Å². The number of hydrogen-bond donors (Lipinski definition) is 3. The van der Waals surface area contributed by atoms with Crippen LogP contribution in [0.5, 0.6) is 11.5 Å². The monoisotopic (exact) mass is 419 g/mol. The number of carbonyl (C=O) groups excluding carboxylic acids is 2. The summed E-state index contributed by atoms with van der Waals surface area (Å²) < 4.78 is 38.3. The van der Waals surface area contributed by atoms with Crippen LogP contribution >= 0.6 is 0 Å². The Bertz CT molecular complexity index is 1040. The molecule has 10 heteroatoms. The Hall–Kier alpha value is -3.27. The van der Waals surface area contributed by atoms with Gasteiger partial charge in [-0.05, 0) is 44.2 Å². The summed E-state index contributed by atoms with van der Waals surface area (Å²) in [6.07, 6.45) is 0. The van der Waals surface area contributed by atoms with Crippen molar-refractivity contribution < 1.29 is 27.5 Å². The minimum absolute atomic E-state index is 0.0807. The first-order valence-corrected chi connectivity index (χ1v) is 10.4. The number of hydrogen-bond acceptors (Lipinski definition) is 6. The highest BCUT2D eigenvalue weighted by atomic mass is 32.2. The highest BCUT2D eigenvalue weighted by molar-refractivity contribution is 7.92. The third-order valence-electron chi connectivity index (χ3n) is 4.12. The summed E-state index contributed by atoms with van der Waals surface area (Å²) in [6.45, 7) is 3.84. The number of amides is 2. The van der Waals surface area contributed by atoms with Crippen LogP contribution in [0, 0.1) is 0 Å². The third-order valence-corrected chi connectivity index (χ3v) is 5.50. The van der Waals surface area contributed by atoms with Crippen molar-refractivity contribution in [1.82, 2.24) is 10.6 Å². The molecule has 154 valence electrons. The molecule has 9 nitrogen and oxygen atoms in total. The topological polar surface area (TPSA) is 123 Å². The Morgan fingerprint density at radius 1 is 1.10 bits per heavy atom. The molecule has 29 heavy (non-hydrogen) atoms. The van der Waals surface area contributed by atoms with Crippen LogP contribution in [0.4, 0.5) is 5.69 Å². The van der Waals surface area contributed by atoms with Gasteiger partial charge in [0.05, 0.1) is 10.6 Å². The number of nitrogens with one attached hydrogen (secondary N) is 3. The molecule has 1 aliphatic heterocycles. The number of rotatable bonds is 7. The molecule has 2 aromatic carbocycles. The fraction of sp³-hybridized carbons (Fsp3) is 0.263. The summed E-state index contributed by atoms with van der Waals surface area (Å²) in [6, 6.07) is 9.47. The molecule has 2 aromatic rings. The molecule has 1 heterocycles. The van der Waals surface area contributed by atoms with Gasteiger partial charge in [0.2, 0.25) is 12.7 Å². The van der Waals surface area contributed by atoms with Gasteiger partial charge in [-0.2, -0.15) is 0 Å². The van der Waals surface area contributed by atoms with Crippen LogP contribution in [0.15, 0.2) is 47.4 Å². The molecule has 2 amide bonds. The van der Waals surface area contributed by atoms with E-state index in [2.05, 4.69) is 15.4 Å². The number of benzene rings is 2. The molecular formula is C19H21N3O6S. The van der Waals surface area contributed by atoms with Gasteiger partial charge < -0.3 is 20.1 Å². The lowest BCUT2D eigenvalue weighted by atomic mass is 10.2. The lowest BCUT2D eigenvalue weighted by Gasteiger charge is -2.14. The highest BCUT2D eigenvalue weighted by Gasteiger charge is 2.21. The van der Waals surface area contributed by atoms with E-state index >= 15 is 0 Å². The van der Waals surface area contributed by atoms with Gasteiger partial charge in [-0.1, -0.05) is 6.07 Å². The van der Waals surface area contributed by atoms with E-state index in [1.807, 2.05) is 0 Å². The fourth-order valence-electron chi connectivity index (χ4n) is 2.65. The summed E-state index contributed by atoms with van der Waals surface area (Å²) in [5.41, 5.74) is 0.420. The second kappa shape index (κ2) is 8.39. The SMILES string of the molecule is CCNC(=O)[C@H](C)NC(=O)c1cccc(S(=O)(=O)Nc2ccc3c(c2)OCO3)c1. The predicted octanol–water partition coefficient (Wildman–Crippen LogP) is 1.47. The maximum absolute atomic E-state index is 12.7. The molecule has 3 N–H and O–H groups in total. The van der Waals surface area contributed by atoms with Gasteiger partial charge in [0.1, 0.15) is 6.04 Å². The maximum Gasteiger partial charge on any atom is 0.261 e. The lowest BCUT2D eigenvalue weighted by molar-refractivity contribution is -0.122. The molecule has 3 rings (SSSR count). The molecule has 0 radical (unpaired) electrons. The fourth-order valence-corrected chi connectivity index (χ4v) is 3.75. The van der Waals surface area contributed by atoms with Gasteiger partial charge in [0.15, 0.2) is 11.5 Å². The summed E-state index contributed by atoms with van der Waals surface area (Å²) in [7, 11) is -3.95. The van der Waals surface area contributed by atoms with E-state index in [1.165, 1.54) is 30.3 Å². The Morgan fingerprint density at radius 3 is 2.62 bits per heavy atom. The first-order chi connectivity index (χ1) is 13.8. The van der Waals surface area contributed by atoms with Crippen molar-refractivity contribution in [2.45, 2.75) is 24.8 Å². The summed E-state index contributed by atoms with van der Waals surface area (Å²) in [4.78, 5) is 24.1. The van der Waals surface area contributed by atoms with E-state index in [0.29, 0.717) is 23.7 Å². The van der Waals surface area contributed by atoms with Crippen LogP contribution < -0.4 is 24.8 Å². The second-order valence-electron chi connectivity index (χ2n) is 6.29. The van der Waals surface area contributed by atoms with E-state index in [1.54, 1.807) is 26.0 Å². The normalized spacial score (nSPS) is 13.4. The van der Waals surface area contributed by atoms with E-state index < -0.39 is 22.0 Å².